The van der Waals surface area contributed by atoms with Gasteiger partial charge < -0.3 is 0 Å². The summed E-state index contributed by atoms with van der Waals surface area (Å²) in [6.07, 6.45) is 1.94. The highest BCUT2D eigenvalue weighted by Gasteiger charge is 1.46. The van der Waals surface area contributed by atoms with E-state index in [1.165, 1.54) is 16.3 Å². The lowest BCUT2D eigenvalue weighted by molar-refractivity contribution is 1.76. The predicted octanol–water partition coefficient (Wildman–Crippen LogP) is -0.425. The SMILES string of the molecule is C=CC[SiH3].[Al]. The van der Waals surface area contributed by atoms with Crippen molar-refractivity contribution in [1.82, 2.24) is 0 Å². The molecule has 0 unspecified atom stereocenters. The normalized spacial score (nSPS) is 5.60. The van der Waals surface area contributed by atoms with Gasteiger partial charge >= 0.3 is 0 Å². The third-order valence-electron chi connectivity index (χ3n) is 0.289. The van der Waals surface area contributed by atoms with E-state index in [-0.39, 0.29) is 17.4 Å². The zero-order chi connectivity index (χ0) is 3.41. The van der Waals surface area contributed by atoms with Crippen LogP contribution in [0.25, 0.3) is 0 Å². The van der Waals surface area contributed by atoms with E-state index in [1.807, 2.05) is 6.08 Å². The molecule has 0 aromatic heterocycles. The van der Waals surface area contributed by atoms with Crippen LogP contribution in [0.3, 0.4) is 0 Å². The second-order valence-corrected chi connectivity index (χ2v) is 1.51. The molecule has 0 spiro atoms. The Labute approximate surface area is 46.8 Å². The Morgan fingerprint density at radius 3 is 2.00 bits per heavy atom. The van der Waals surface area contributed by atoms with Crippen molar-refractivity contribution in [2.75, 3.05) is 0 Å². The minimum absolute atomic E-state index is 0. The minimum atomic E-state index is 0. The third-order valence-corrected chi connectivity index (χ3v) is 0.866. The van der Waals surface area contributed by atoms with E-state index < -0.39 is 0 Å². The molecule has 0 aliphatic heterocycles. The van der Waals surface area contributed by atoms with E-state index in [9.17, 15) is 0 Å². The van der Waals surface area contributed by atoms with E-state index in [0.717, 1.165) is 0 Å². The molecule has 0 rings (SSSR count). The summed E-state index contributed by atoms with van der Waals surface area (Å²) >= 11 is 0. The molecule has 0 atom stereocenters. The van der Waals surface area contributed by atoms with Crippen molar-refractivity contribution < 1.29 is 0 Å². The van der Waals surface area contributed by atoms with Crippen molar-refractivity contribution >= 4 is 27.6 Å². The van der Waals surface area contributed by atoms with Gasteiger partial charge in [-0.15, -0.1) is 6.58 Å². The molecule has 0 aromatic rings. The third kappa shape index (κ3) is 12.5. The lowest BCUT2D eigenvalue weighted by atomic mass is 10.8. The number of hydrogen-bond acceptors (Lipinski definition) is 0. The average Bonchev–Trinajstić information content (AvgIpc) is 1.37. The maximum Gasteiger partial charge on any atom is 0.00753 e. The molecule has 0 amide bonds. The van der Waals surface area contributed by atoms with Gasteiger partial charge in [0.1, 0.15) is 0 Å². The first-order valence-corrected chi connectivity index (χ1v) is 2.94. The van der Waals surface area contributed by atoms with Crippen LogP contribution in [0.4, 0.5) is 0 Å². The Hall–Kier alpha value is 0.489. The van der Waals surface area contributed by atoms with Gasteiger partial charge in [0.2, 0.25) is 0 Å². The molecule has 2 heteroatoms. The Morgan fingerprint density at radius 1 is 1.80 bits per heavy atom. The van der Waals surface area contributed by atoms with E-state index in [4.69, 9.17) is 0 Å². The van der Waals surface area contributed by atoms with Gasteiger partial charge in [0.25, 0.3) is 0 Å². The van der Waals surface area contributed by atoms with Gasteiger partial charge in [0.05, 0.1) is 0 Å². The van der Waals surface area contributed by atoms with Crippen molar-refractivity contribution in [1.29, 1.82) is 0 Å². The Bertz CT molecular complexity index is 20.9. The summed E-state index contributed by atoms with van der Waals surface area (Å²) in [6.45, 7) is 3.51. The summed E-state index contributed by atoms with van der Waals surface area (Å²) in [6, 6.07) is 1.22. The van der Waals surface area contributed by atoms with Crippen molar-refractivity contribution in [2.24, 2.45) is 0 Å². The van der Waals surface area contributed by atoms with Gasteiger partial charge in [-0.05, 0) is 6.04 Å². The Morgan fingerprint density at radius 2 is 2.00 bits per heavy atom. The zero-order valence-electron chi connectivity index (χ0n) is 3.57. The van der Waals surface area contributed by atoms with Crippen LogP contribution in [0.5, 0.6) is 0 Å². The van der Waals surface area contributed by atoms with Gasteiger partial charge in [0, 0.05) is 27.6 Å². The largest absolute Gasteiger partial charge is 0.103 e. The number of rotatable bonds is 1. The van der Waals surface area contributed by atoms with Crippen LogP contribution >= 0.6 is 0 Å². The van der Waals surface area contributed by atoms with Crippen LogP contribution in [-0.2, 0) is 0 Å². The quantitative estimate of drug-likeness (QED) is 0.309. The van der Waals surface area contributed by atoms with Gasteiger partial charge in [-0.25, -0.2) is 0 Å². The molecule has 27 valence electrons. The van der Waals surface area contributed by atoms with E-state index in [0.29, 0.717) is 0 Å². The maximum absolute atomic E-state index is 3.51. The molecule has 0 N–H and O–H groups in total. The summed E-state index contributed by atoms with van der Waals surface area (Å²) in [5.74, 6) is 0. The molecule has 0 aliphatic rings. The lowest BCUT2D eigenvalue weighted by Gasteiger charge is -1.57. The summed E-state index contributed by atoms with van der Waals surface area (Å²) in [7, 11) is 1.27. The second-order valence-electron chi connectivity index (χ2n) is 0.697. The van der Waals surface area contributed by atoms with Crippen molar-refractivity contribution in [3.8, 4) is 0 Å². The molecular formula is C3H8AlSi. The smallest absolute Gasteiger partial charge is 0.00753 e. The van der Waals surface area contributed by atoms with Crippen LogP contribution in [0.15, 0.2) is 12.7 Å². The predicted molar refractivity (Wildman–Crippen MR) is 30.7 cm³/mol. The summed E-state index contributed by atoms with van der Waals surface area (Å²) in [5, 5.41) is 0. The fourth-order valence-electron chi connectivity index (χ4n) is 0. The highest BCUT2D eigenvalue weighted by molar-refractivity contribution is 6.09. The van der Waals surface area contributed by atoms with Gasteiger partial charge in [0.15, 0.2) is 0 Å². The Balaban J connectivity index is 0. The molecule has 5 heavy (non-hydrogen) atoms. The molecule has 0 bridgehead atoms. The van der Waals surface area contributed by atoms with Crippen molar-refractivity contribution in [3.63, 3.8) is 0 Å². The van der Waals surface area contributed by atoms with Crippen molar-refractivity contribution in [3.05, 3.63) is 12.7 Å². The number of allylic oxidation sites excluding steroid dienone is 1. The maximum atomic E-state index is 3.51. The standard InChI is InChI=1S/C3H8Si.Al/c1-2-3-4;/h2H,1,3H2,4H3;. The summed E-state index contributed by atoms with van der Waals surface area (Å²) in [5.41, 5.74) is 0. The van der Waals surface area contributed by atoms with Crippen LogP contribution in [0.1, 0.15) is 0 Å². The second kappa shape index (κ2) is 8.82. The number of hydrogen-bond donors (Lipinski definition) is 0. The van der Waals surface area contributed by atoms with Crippen LogP contribution < -0.4 is 0 Å². The van der Waals surface area contributed by atoms with Gasteiger partial charge in [-0.2, -0.15) is 0 Å². The van der Waals surface area contributed by atoms with E-state index >= 15 is 0 Å². The molecular weight excluding hydrogens is 91.1 g/mol. The zero-order valence-corrected chi connectivity index (χ0v) is 6.72. The van der Waals surface area contributed by atoms with E-state index in [1.54, 1.807) is 0 Å². The topological polar surface area (TPSA) is 0 Å². The van der Waals surface area contributed by atoms with Gasteiger partial charge in [-0.3, -0.25) is 0 Å². The fraction of sp³-hybridized carbons (Fsp3) is 0.333. The van der Waals surface area contributed by atoms with Crippen LogP contribution in [0.2, 0.25) is 6.04 Å². The Kier molecular flexibility index (Phi) is 16.0. The highest BCUT2D eigenvalue weighted by Crippen LogP contribution is 1.61. The first-order valence-electron chi connectivity index (χ1n) is 1.52. The molecule has 0 saturated carbocycles. The molecule has 0 heterocycles. The summed E-state index contributed by atoms with van der Waals surface area (Å²) in [4.78, 5) is 0. The molecule has 3 radical (unpaired) electrons. The summed E-state index contributed by atoms with van der Waals surface area (Å²) < 4.78 is 0. The average molecular weight is 99.2 g/mol. The fourth-order valence-corrected chi connectivity index (χ4v) is 0. The molecule has 0 aromatic carbocycles. The minimum Gasteiger partial charge on any atom is -0.103 e. The van der Waals surface area contributed by atoms with Crippen LogP contribution in [0, 0.1) is 0 Å². The van der Waals surface area contributed by atoms with E-state index in [2.05, 4.69) is 6.58 Å². The highest BCUT2D eigenvalue weighted by atomic mass is 28.1. The monoisotopic (exact) mass is 99.0 g/mol. The first-order chi connectivity index (χ1) is 1.91. The van der Waals surface area contributed by atoms with Crippen molar-refractivity contribution in [2.45, 2.75) is 6.04 Å². The lowest BCUT2D eigenvalue weighted by Crippen LogP contribution is -1.47. The van der Waals surface area contributed by atoms with Crippen LogP contribution in [-0.4, -0.2) is 27.6 Å². The first kappa shape index (κ1) is 9.09. The molecule has 0 nitrogen and oxygen atoms in total. The molecule has 0 saturated heterocycles. The molecule has 0 aliphatic carbocycles. The van der Waals surface area contributed by atoms with Gasteiger partial charge in [-0.1, -0.05) is 6.08 Å². The molecule has 0 fully saturated rings.